The number of hydrogen-bond acceptors (Lipinski definition) is 3. The van der Waals surface area contributed by atoms with Gasteiger partial charge in [-0.3, -0.25) is 4.79 Å². The van der Waals surface area contributed by atoms with Gasteiger partial charge in [-0.25, -0.2) is 0 Å². The van der Waals surface area contributed by atoms with Crippen LogP contribution in [0.1, 0.15) is 42.6 Å². The van der Waals surface area contributed by atoms with Gasteiger partial charge in [0.1, 0.15) is 0 Å². The molecule has 0 aliphatic carbocycles. The Balaban J connectivity index is 2.34. The monoisotopic (exact) mass is 277 g/mol. The maximum Gasteiger partial charge on any atom is 0.254 e. The maximum absolute atomic E-state index is 12.6. The molecule has 0 bridgehead atoms. The predicted octanol–water partition coefficient (Wildman–Crippen LogP) is 3.03. The van der Waals surface area contributed by atoms with Crippen LogP contribution in [-0.4, -0.2) is 37.1 Å². The molecule has 0 spiro atoms. The average molecular weight is 277 g/mol. The third-order valence-corrected chi connectivity index (χ3v) is 3.85. The molecule has 2 rings (SSSR count). The number of benzene rings is 1. The van der Waals surface area contributed by atoms with Gasteiger partial charge in [0.05, 0.1) is 13.7 Å². The zero-order valence-corrected chi connectivity index (χ0v) is 12.7. The summed E-state index contributed by atoms with van der Waals surface area (Å²) in [5.41, 5.74) is 1.64. The second kappa shape index (κ2) is 6.16. The Hall–Kier alpha value is -1.71. The zero-order chi connectivity index (χ0) is 14.7. The van der Waals surface area contributed by atoms with Crippen molar-refractivity contribution in [2.75, 3.05) is 20.3 Å². The van der Waals surface area contributed by atoms with E-state index in [4.69, 9.17) is 9.47 Å². The first-order valence-corrected chi connectivity index (χ1v) is 7.20. The Morgan fingerprint density at radius 1 is 1.40 bits per heavy atom. The van der Waals surface area contributed by atoms with Gasteiger partial charge >= 0.3 is 0 Å². The minimum absolute atomic E-state index is 0.0915. The van der Waals surface area contributed by atoms with Crippen LogP contribution < -0.4 is 9.47 Å². The molecule has 1 amide bonds. The van der Waals surface area contributed by atoms with Crippen molar-refractivity contribution in [2.24, 2.45) is 0 Å². The molecule has 0 saturated carbocycles. The van der Waals surface area contributed by atoms with E-state index in [1.807, 2.05) is 24.8 Å². The average Bonchev–Trinajstić information content (AvgIpc) is 2.85. The first-order valence-electron chi connectivity index (χ1n) is 7.20. The fraction of sp³-hybridized carbons (Fsp3) is 0.562. The number of carbonyl (C=O) groups is 1. The van der Waals surface area contributed by atoms with Crippen LogP contribution in [0.4, 0.5) is 0 Å². The van der Waals surface area contributed by atoms with Crippen LogP contribution in [0.15, 0.2) is 12.1 Å². The molecule has 0 aromatic heterocycles. The van der Waals surface area contributed by atoms with E-state index in [2.05, 4.69) is 6.92 Å². The number of hydrogen-bond donors (Lipinski definition) is 0. The number of amides is 1. The fourth-order valence-corrected chi connectivity index (χ4v) is 2.71. The van der Waals surface area contributed by atoms with E-state index in [0.29, 0.717) is 29.7 Å². The van der Waals surface area contributed by atoms with Crippen LogP contribution in [0, 0.1) is 6.92 Å². The molecule has 0 N–H and O–H groups in total. The van der Waals surface area contributed by atoms with E-state index >= 15 is 0 Å². The van der Waals surface area contributed by atoms with Crippen LogP contribution in [-0.2, 0) is 0 Å². The molecular weight excluding hydrogens is 254 g/mol. The summed E-state index contributed by atoms with van der Waals surface area (Å²) in [6.45, 7) is 7.39. The summed E-state index contributed by atoms with van der Waals surface area (Å²) in [5, 5.41) is 0. The van der Waals surface area contributed by atoms with Crippen LogP contribution in [0.2, 0.25) is 0 Å². The van der Waals surface area contributed by atoms with Gasteiger partial charge in [-0.15, -0.1) is 0 Å². The molecule has 110 valence electrons. The maximum atomic E-state index is 12.6. The molecule has 0 radical (unpaired) electrons. The minimum atomic E-state index is 0.0915. The van der Waals surface area contributed by atoms with E-state index in [1.54, 1.807) is 13.2 Å². The van der Waals surface area contributed by atoms with E-state index < -0.39 is 0 Å². The van der Waals surface area contributed by atoms with E-state index in [1.165, 1.54) is 0 Å². The number of rotatable bonds is 4. The molecular formula is C16H23NO3. The highest BCUT2D eigenvalue weighted by Crippen LogP contribution is 2.32. The van der Waals surface area contributed by atoms with Crippen LogP contribution in [0.25, 0.3) is 0 Å². The third-order valence-electron chi connectivity index (χ3n) is 3.85. The second-order valence-corrected chi connectivity index (χ2v) is 5.24. The summed E-state index contributed by atoms with van der Waals surface area (Å²) in [6, 6.07) is 4.00. The Morgan fingerprint density at radius 3 is 2.70 bits per heavy atom. The lowest BCUT2D eigenvalue weighted by Crippen LogP contribution is -2.34. The van der Waals surface area contributed by atoms with Gasteiger partial charge in [0.15, 0.2) is 11.5 Å². The predicted molar refractivity (Wildman–Crippen MR) is 78.6 cm³/mol. The Morgan fingerprint density at radius 2 is 2.15 bits per heavy atom. The van der Waals surface area contributed by atoms with Gasteiger partial charge in [-0.2, -0.15) is 0 Å². The van der Waals surface area contributed by atoms with Crippen molar-refractivity contribution < 1.29 is 14.3 Å². The molecule has 1 fully saturated rings. The lowest BCUT2D eigenvalue weighted by molar-refractivity contribution is 0.0746. The fourth-order valence-electron chi connectivity index (χ4n) is 2.71. The molecule has 20 heavy (non-hydrogen) atoms. The minimum Gasteiger partial charge on any atom is -0.493 e. The van der Waals surface area contributed by atoms with E-state index in [0.717, 1.165) is 24.9 Å². The summed E-state index contributed by atoms with van der Waals surface area (Å²) < 4.78 is 10.9. The van der Waals surface area contributed by atoms with Crippen molar-refractivity contribution in [3.05, 3.63) is 23.3 Å². The summed E-state index contributed by atoms with van der Waals surface area (Å²) in [4.78, 5) is 14.6. The lowest BCUT2D eigenvalue weighted by atomic mass is 10.1. The smallest absolute Gasteiger partial charge is 0.254 e. The summed E-state index contributed by atoms with van der Waals surface area (Å²) in [5.74, 6) is 1.40. The van der Waals surface area contributed by atoms with Gasteiger partial charge in [-0.1, -0.05) is 0 Å². The number of nitrogens with zero attached hydrogens (tertiary/aromatic N) is 1. The second-order valence-electron chi connectivity index (χ2n) is 5.24. The molecule has 1 saturated heterocycles. The Bertz CT molecular complexity index is 499. The Labute approximate surface area is 120 Å². The number of carbonyl (C=O) groups excluding carboxylic acids is 1. The lowest BCUT2D eigenvalue weighted by Gasteiger charge is -2.23. The van der Waals surface area contributed by atoms with E-state index in [-0.39, 0.29) is 5.91 Å². The van der Waals surface area contributed by atoms with Gasteiger partial charge in [0, 0.05) is 18.2 Å². The highest BCUT2D eigenvalue weighted by atomic mass is 16.5. The normalized spacial score (nSPS) is 18.2. The van der Waals surface area contributed by atoms with Crippen molar-refractivity contribution in [1.29, 1.82) is 0 Å². The first kappa shape index (κ1) is 14.7. The van der Waals surface area contributed by atoms with E-state index in [9.17, 15) is 4.79 Å². The van der Waals surface area contributed by atoms with Crippen LogP contribution in [0.3, 0.4) is 0 Å². The molecule has 1 aromatic carbocycles. The molecule has 1 heterocycles. The molecule has 1 atom stereocenters. The standard InChI is InChI=1S/C16H23NO3/c1-5-20-15-9-11(2)13(10-14(15)19-4)16(18)17-8-6-7-12(17)3/h9-10,12H,5-8H2,1-4H3. The molecule has 4 heteroatoms. The number of ether oxygens (including phenoxy) is 2. The van der Waals surface area contributed by atoms with Gasteiger partial charge < -0.3 is 14.4 Å². The largest absolute Gasteiger partial charge is 0.493 e. The SMILES string of the molecule is CCOc1cc(C)c(C(=O)N2CCCC2C)cc1OC. The van der Waals surface area contributed by atoms with Crippen molar-refractivity contribution in [1.82, 2.24) is 4.90 Å². The quantitative estimate of drug-likeness (QED) is 0.849. The highest BCUT2D eigenvalue weighted by Gasteiger charge is 2.27. The first-order chi connectivity index (χ1) is 9.58. The summed E-state index contributed by atoms with van der Waals surface area (Å²) >= 11 is 0. The highest BCUT2D eigenvalue weighted by molar-refractivity contribution is 5.96. The van der Waals surface area contributed by atoms with Gasteiger partial charge in [0.25, 0.3) is 5.91 Å². The van der Waals surface area contributed by atoms with Crippen LogP contribution >= 0.6 is 0 Å². The molecule has 1 unspecified atom stereocenters. The van der Waals surface area contributed by atoms with Gasteiger partial charge in [0.2, 0.25) is 0 Å². The molecule has 1 aliphatic rings. The topological polar surface area (TPSA) is 38.8 Å². The van der Waals surface area contributed by atoms with Crippen molar-refractivity contribution in [3.8, 4) is 11.5 Å². The molecule has 4 nitrogen and oxygen atoms in total. The molecule has 1 aliphatic heterocycles. The number of aryl methyl sites for hydroxylation is 1. The summed E-state index contributed by atoms with van der Waals surface area (Å²) in [7, 11) is 1.60. The number of methoxy groups -OCH3 is 1. The molecule has 1 aromatic rings. The van der Waals surface area contributed by atoms with Crippen molar-refractivity contribution >= 4 is 5.91 Å². The third kappa shape index (κ3) is 2.74. The van der Waals surface area contributed by atoms with Crippen molar-refractivity contribution in [3.63, 3.8) is 0 Å². The van der Waals surface area contributed by atoms with Crippen LogP contribution in [0.5, 0.6) is 11.5 Å². The van der Waals surface area contributed by atoms with Crippen molar-refractivity contribution in [2.45, 2.75) is 39.7 Å². The zero-order valence-electron chi connectivity index (χ0n) is 12.7. The van der Waals surface area contributed by atoms with Gasteiger partial charge in [-0.05, 0) is 51.3 Å². The summed E-state index contributed by atoms with van der Waals surface area (Å²) in [6.07, 6.45) is 2.17. The Kier molecular flexibility index (Phi) is 4.53. The number of likely N-dealkylation sites (tertiary alicyclic amines) is 1.